The second-order valence-electron chi connectivity index (χ2n) is 6.18. The number of carbonyl (C=O) groups is 1. The second-order valence-corrected chi connectivity index (χ2v) is 7.30. The van der Waals surface area contributed by atoms with Crippen LogP contribution >= 0.6 is 11.3 Å². The molecule has 4 nitrogen and oxygen atoms in total. The number of thiophene rings is 1. The smallest absolute Gasteiger partial charge is 0.259 e. The van der Waals surface area contributed by atoms with E-state index in [2.05, 4.69) is 55.7 Å². The van der Waals surface area contributed by atoms with E-state index in [9.17, 15) is 4.79 Å². The maximum atomic E-state index is 11.2. The van der Waals surface area contributed by atoms with Gasteiger partial charge in [0.25, 0.3) is 5.91 Å². The summed E-state index contributed by atoms with van der Waals surface area (Å²) in [5.74, 6) is -0.717. The van der Waals surface area contributed by atoms with Gasteiger partial charge in [-0.05, 0) is 67.1 Å². The minimum Gasteiger partial charge on any atom is -0.372 e. The molecule has 0 aliphatic carbocycles. The van der Waals surface area contributed by atoms with Crippen LogP contribution in [0.15, 0.2) is 47.7 Å². The molecule has 2 rings (SSSR count). The molecule has 0 unspecified atom stereocenters. The molecule has 144 valence electrons. The number of amides is 1. The van der Waals surface area contributed by atoms with E-state index in [1.165, 1.54) is 23.1 Å². The topological polar surface area (TPSA) is 70.1 Å². The second kappa shape index (κ2) is 9.72. The molecule has 5 heteroatoms. The third kappa shape index (κ3) is 4.99. The monoisotopic (exact) mass is 391 g/mol. The van der Waals surface area contributed by atoms with Crippen LogP contribution in [0, 0.1) is 11.3 Å². The van der Waals surface area contributed by atoms with E-state index in [0.717, 1.165) is 38.8 Å². The van der Waals surface area contributed by atoms with Crippen molar-refractivity contribution < 1.29 is 4.79 Å². The van der Waals surface area contributed by atoms with E-state index in [0.29, 0.717) is 0 Å². The number of nitrogens with zero attached hydrogens (tertiary/aromatic N) is 2. The van der Waals surface area contributed by atoms with Gasteiger partial charge in [0.2, 0.25) is 0 Å². The molecule has 0 atom stereocenters. The summed E-state index contributed by atoms with van der Waals surface area (Å²) in [5, 5.41) is 11.0. The van der Waals surface area contributed by atoms with E-state index in [1.54, 1.807) is 0 Å². The third-order valence-corrected chi connectivity index (χ3v) is 5.54. The average molecular weight is 392 g/mol. The van der Waals surface area contributed by atoms with E-state index in [-0.39, 0.29) is 5.57 Å². The van der Waals surface area contributed by atoms with Crippen molar-refractivity contribution in [1.29, 1.82) is 5.26 Å². The SMILES string of the molecule is C=c1cc(-c2ccc(/C=C(\C#N)C(N)=O)s2)cc/c1=C/C(=C\C)N(CC)CC. The molecule has 0 aliphatic heterocycles. The molecule has 0 radical (unpaired) electrons. The quantitative estimate of drug-likeness (QED) is 0.582. The number of hydrogen-bond donors (Lipinski definition) is 1. The Hall–Kier alpha value is -3.10. The predicted octanol–water partition coefficient (Wildman–Crippen LogP) is 3.24. The summed E-state index contributed by atoms with van der Waals surface area (Å²) in [6.07, 6.45) is 5.80. The Morgan fingerprint density at radius 2 is 2.00 bits per heavy atom. The molecular weight excluding hydrogens is 366 g/mol. The standard InChI is InChI=1S/C23H25N3OS/c1-5-20(26(6-2)7-3)13-17-8-9-18(12-16(17)4)22-11-10-21(28-22)14-19(15-24)23(25)27/h5,8-14H,4,6-7H2,1-3H3,(H2,25,27)/b17-13-,19-14+,20-5+. The minimum atomic E-state index is -0.717. The molecule has 2 aromatic rings. The van der Waals surface area contributed by atoms with Crippen molar-refractivity contribution in [3.05, 3.63) is 63.0 Å². The highest BCUT2D eigenvalue weighted by Crippen LogP contribution is 2.28. The van der Waals surface area contributed by atoms with Gasteiger partial charge in [0.15, 0.2) is 0 Å². The predicted molar refractivity (Wildman–Crippen MR) is 118 cm³/mol. The van der Waals surface area contributed by atoms with Gasteiger partial charge in [0.1, 0.15) is 11.6 Å². The normalized spacial score (nSPS) is 12.7. The highest BCUT2D eigenvalue weighted by molar-refractivity contribution is 7.16. The Morgan fingerprint density at radius 1 is 1.29 bits per heavy atom. The maximum Gasteiger partial charge on any atom is 0.259 e. The van der Waals surface area contributed by atoms with E-state index in [4.69, 9.17) is 11.0 Å². The van der Waals surface area contributed by atoms with Crippen molar-refractivity contribution in [3.63, 3.8) is 0 Å². The summed E-state index contributed by atoms with van der Waals surface area (Å²) in [6.45, 7) is 12.5. The third-order valence-electron chi connectivity index (χ3n) is 4.45. The lowest BCUT2D eigenvalue weighted by atomic mass is 10.1. The molecule has 0 bridgehead atoms. The number of nitrogens with two attached hydrogens (primary N) is 1. The lowest BCUT2D eigenvalue weighted by molar-refractivity contribution is -0.114. The van der Waals surface area contributed by atoms with Gasteiger partial charge in [-0.15, -0.1) is 11.3 Å². The fraction of sp³-hybridized carbons (Fsp3) is 0.217. The molecule has 1 aromatic carbocycles. The van der Waals surface area contributed by atoms with Gasteiger partial charge < -0.3 is 10.6 Å². The summed E-state index contributed by atoms with van der Waals surface area (Å²) in [6, 6.07) is 11.9. The lowest BCUT2D eigenvalue weighted by Gasteiger charge is -2.21. The average Bonchev–Trinajstić information content (AvgIpc) is 3.15. The number of hydrogen-bond acceptors (Lipinski definition) is 4. The molecule has 0 saturated heterocycles. The molecule has 2 N–H and O–H groups in total. The molecule has 0 fully saturated rings. The highest BCUT2D eigenvalue weighted by atomic mass is 32.1. The first-order chi connectivity index (χ1) is 13.4. The number of primary amides is 1. The lowest BCUT2D eigenvalue weighted by Crippen LogP contribution is -2.27. The van der Waals surface area contributed by atoms with Gasteiger partial charge in [0.05, 0.1) is 0 Å². The molecule has 0 spiro atoms. The first-order valence-corrected chi connectivity index (χ1v) is 9.98. The van der Waals surface area contributed by atoms with Crippen molar-refractivity contribution in [2.75, 3.05) is 13.1 Å². The van der Waals surface area contributed by atoms with Crippen LogP contribution in [0.25, 0.3) is 29.2 Å². The fourth-order valence-corrected chi connectivity index (χ4v) is 3.84. The highest BCUT2D eigenvalue weighted by Gasteiger charge is 2.07. The van der Waals surface area contributed by atoms with Gasteiger partial charge in [-0.3, -0.25) is 4.79 Å². The Kier molecular flexibility index (Phi) is 7.36. The molecule has 1 amide bonds. The zero-order valence-electron chi connectivity index (χ0n) is 16.5. The summed E-state index contributed by atoms with van der Waals surface area (Å²) < 4.78 is 0. The van der Waals surface area contributed by atoms with Crippen LogP contribution in [-0.2, 0) is 4.79 Å². The van der Waals surface area contributed by atoms with E-state index in [1.807, 2.05) is 25.1 Å². The van der Waals surface area contributed by atoms with Crippen LogP contribution in [0.1, 0.15) is 25.6 Å². The van der Waals surface area contributed by atoms with Gasteiger partial charge in [0, 0.05) is 28.5 Å². The van der Waals surface area contributed by atoms with Crippen molar-refractivity contribution in [3.8, 4) is 16.5 Å². The van der Waals surface area contributed by atoms with Crippen LogP contribution < -0.4 is 16.2 Å². The summed E-state index contributed by atoms with van der Waals surface area (Å²) in [5.41, 5.74) is 7.38. The van der Waals surface area contributed by atoms with Crippen LogP contribution in [-0.4, -0.2) is 23.9 Å². The summed E-state index contributed by atoms with van der Waals surface area (Å²) in [4.78, 5) is 15.4. The van der Waals surface area contributed by atoms with Gasteiger partial charge in [-0.25, -0.2) is 0 Å². The van der Waals surface area contributed by atoms with Crippen molar-refractivity contribution in [2.24, 2.45) is 5.73 Å². The number of allylic oxidation sites excluding steroid dienone is 2. The largest absolute Gasteiger partial charge is 0.372 e. The molecule has 0 saturated carbocycles. The molecule has 1 aromatic heterocycles. The fourth-order valence-electron chi connectivity index (χ4n) is 2.89. The zero-order chi connectivity index (χ0) is 20.7. The van der Waals surface area contributed by atoms with Gasteiger partial charge >= 0.3 is 0 Å². The molecule has 28 heavy (non-hydrogen) atoms. The Bertz CT molecular complexity index is 1070. The first kappa shape index (κ1) is 21.2. The molecule has 1 heterocycles. The van der Waals surface area contributed by atoms with E-state index < -0.39 is 5.91 Å². The van der Waals surface area contributed by atoms with Crippen LogP contribution in [0.4, 0.5) is 0 Å². The van der Waals surface area contributed by atoms with Crippen LogP contribution in [0.3, 0.4) is 0 Å². The molecular formula is C23H25N3OS. The van der Waals surface area contributed by atoms with Crippen molar-refractivity contribution in [1.82, 2.24) is 4.90 Å². The number of nitriles is 1. The summed E-state index contributed by atoms with van der Waals surface area (Å²) >= 11 is 1.50. The number of carbonyl (C=O) groups excluding carboxylic acids is 1. The zero-order valence-corrected chi connectivity index (χ0v) is 17.3. The molecule has 0 aliphatic rings. The van der Waals surface area contributed by atoms with Crippen LogP contribution in [0.5, 0.6) is 0 Å². The Balaban J connectivity index is 2.38. The van der Waals surface area contributed by atoms with Gasteiger partial charge in [-0.1, -0.05) is 24.8 Å². The van der Waals surface area contributed by atoms with Crippen molar-refractivity contribution in [2.45, 2.75) is 20.8 Å². The minimum absolute atomic E-state index is 0.0496. The van der Waals surface area contributed by atoms with Gasteiger partial charge in [-0.2, -0.15) is 5.26 Å². The number of rotatable bonds is 7. The summed E-state index contributed by atoms with van der Waals surface area (Å²) in [7, 11) is 0. The first-order valence-electron chi connectivity index (χ1n) is 9.17. The number of benzene rings is 1. The van der Waals surface area contributed by atoms with E-state index >= 15 is 0 Å². The van der Waals surface area contributed by atoms with Crippen LogP contribution in [0.2, 0.25) is 0 Å². The maximum absolute atomic E-state index is 11.2. The Morgan fingerprint density at radius 3 is 2.54 bits per heavy atom. The van der Waals surface area contributed by atoms with Crippen molar-refractivity contribution >= 4 is 36.0 Å². The Labute approximate surface area is 170 Å².